The van der Waals surface area contributed by atoms with Gasteiger partial charge in [-0.15, -0.1) is 10.2 Å². The molecule has 16 heavy (non-hydrogen) atoms. The standard InChI is InChI=1S/C10H14N6/c1-16-14-10(13-15-16)7-9(12-11)8-5-3-2-4-6-8/h2-6,9,12H,7,11H2,1H3. The molecule has 1 heterocycles. The molecule has 3 N–H and O–H groups in total. The molecule has 2 rings (SSSR count). The summed E-state index contributed by atoms with van der Waals surface area (Å²) in [5, 5.41) is 11.8. The Hall–Kier alpha value is -1.79. The molecule has 84 valence electrons. The number of rotatable bonds is 4. The Morgan fingerprint density at radius 2 is 2.12 bits per heavy atom. The third kappa shape index (κ3) is 2.41. The molecule has 0 radical (unpaired) electrons. The van der Waals surface area contributed by atoms with Gasteiger partial charge in [0.25, 0.3) is 0 Å². The summed E-state index contributed by atoms with van der Waals surface area (Å²) in [4.78, 5) is 1.44. The van der Waals surface area contributed by atoms with E-state index in [1.807, 2.05) is 30.3 Å². The van der Waals surface area contributed by atoms with E-state index in [1.165, 1.54) is 4.80 Å². The molecular formula is C10H14N6. The molecular weight excluding hydrogens is 204 g/mol. The van der Waals surface area contributed by atoms with E-state index in [2.05, 4.69) is 20.8 Å². The highest BCUT2D eigenvalue weighted by atomic mass is 15.6. The molecule has 0 aliphatic rings. The zero-order chi connectivity index (χ0) is 11.4. The van der Waals surface area contributed by atoms with Crippen LogP contribution in [0.4, 0.5) is 0 Å². The molecule has 0 aliphatic carbocycles. The fraction of sp³-hybridized carbons (Fsp3) is 0.300. The molecule has 2 aromatic rings. The maximum atomic E-state index is 5.53. The van der Waals surface area contributed by atoms with Crippen LogP contribution in [0.1, 0.15) is 17.4 Å². The van der Waals surface area contributed by atoms with Gasteiger partial charge in [-0.05, 0) is 10.8 Å². The topological polar surface area (TPSA) is 81.7 Å². The van der Waals surface area contributed by atoms with Crippen LogP contribution < -0.4 is 11.3 Å². The number of aryl methyl sites for hydroxylation is 1. The monoisotopic (exact) mass is 218 g/mol. The van der Waals surface area contributed by atoms with Gasteiger partial charge in [0.05, 0.1) is 13.1 Å². The van der Waals surface area contributed by atoms with Crippen LogP contribution in [0.3, 0.4) is 0 Å². The fourth-order valence-electron chi connectivity index (χ4n) is 1.55. The molecule has 1 unspecified atom stereocenters. The SMILES string of the molecule is Cn1nnc(CC(NN)c2ccccc2)n1. The first-order chi connectivity index (χ1) is 7.79. The predicted molar refractivity (Wildman–Crippen MR) is 59.0 cm³/mol. The predicted octanol–water partition coefficient (Wildman–Crippen LogP) is -0.0428. The van der Waals surface area contributed by atoms with Gasteiger partial charge < -0.3 is 0 Å². The highest BCUT2D eigenvalue weighted by molar-refractivity contribution is 5.19. The number of nitrogens with one attached hydrogen (secondary N) is 1. The van der Waals surface area contributed by atoms with E-state index < -0.39 is 0 Å². The van der Waals surface area contributed by atoms with Gasteiger partial charge in [-0.2, -0.15) is 4.80 Å². The third-order valence-electron chi connectivity index (χ3n) is 2.34. The van der Waals surface area contributed by atoms with Crippen molar-refractivity contribution in [3.63, 3.8) is 0 Å². The normalized spacial score (nSPS) is 12.6. The fourth-order valence-corrected chi connectivity index (χ4v) is 1.55. The van der Waals surface area contributed by atoms with Gasteiger partial charge >= 0.3 is 0 Å². The Labute approximate surface area is 93.4 Å². The van der Waals surface area contributed by atoms with E-state index in [4.69, 9.17) is 5.84 Å². The van der Waals surface area contributed by atoms with E-state index in [-0.39, 0.29) is 6.04 Å². The van der Waals surface area contributed by atoms with Crippen molar-refractivity contribution in [3.05, 3.63) is 41.7 Å². The summed E-state index contributed by atoms with van der Waals surface area (Å²) >= 11 is 0. The van der Waals surface area contributed by atoms with Gasteiger partial charge in [0.15, 0.2) is 5.82 Å². The lowest BCUT2D eigenvalue weighted by Gasteiger charge is -2.13. The van der Waals surface area contributed by atoms with E-state index >= 15 is 0 Å². The van der Waals surface area contributed by atoms with Gasteiger partial charge in [-0.25, -0.2) is 0 Å². The first kappa shape index (κ1) is 10.7. The van der Waals surface area contributed by atoms with Gasteiger partial charge in [0.2, 0.25) is 0 Å². The number of hydrogen-bond donors (Lipinski definition) is 2. The zero-order valence-electron chi connectivity index (χ0n) is 9.04. The Kier molecular flexibility index (Phi) is 3.23. The molecule has 0 aliphatic heterocycles. The van der Waals surface area contributed by atoms with Crippen LogP contribution in [0.25, 0.3) is 0 Å². The molecule has 0 bridgehead atoms. The molecule has 0 fully saturated rings. The van der Waals surface area contributed by atoms with E-state index in [0.29, 0.717) is 12.2 Å². The minimum absolute atomic E-state index is 0.00500. The second kappa shape index (κ2) is 4.82. The summed E-state index contributed by atoms with van der Waals surface area (Å²) in [6.07, 6.45) is 0.619. The summed E-state index contributed by atoms with van der Waals surface area (Å²) in [6.45, 7) is 0. The highest BCUT2D eigenvalue weighted by Gasteiger charge is 2.13. The van der Waals surface area contributed by atoms with Crippen LogP contribution in [-0.4, -0.2) is 20.2 Å². The Balaban J connectivity index is 2.12. The number of nitrogens with two attached hydrogens (primary N) is 1. The van der Waals surface area contributed by atoms with Gasteiger partial charge in [-0.3, -0.25) is 11.3 Å². The lowest BCUT2D eigenvalue weighted by molar-refractivity contribution is 0.536. The third-order valence-corrected chi connectivity index (χ3v) is 2.34. The lowest BCUT2D eigenvalue weighted by atomic mass is 10.0. The quantitative estimate of drug-likeness (QED) is 0.555. The zero-order valence-corrected chi connectivity index (χ0v) is 9.04. The second-order valence-electron chi connectivity index (χ2n) is 3.53. The minimum Gasteiger partial charge on any atom is -0.271 e. The van der Waals surface area contributed by atoms with Crippen molar-refractivity contribution in [2.24, 2.45) is 12.9 Å². The van der Waals surface area contributed by atoms with Crippen molar-refractivity contribution in [1.29, 1.82) is 0 Å². The molecule has 6 heteroatoms. The van der Waals surface area contributed by atoms with Crippen molar-refractivity contribution in [2.45, 2.75) is 12.5 Å². The number of hydrogen-bond acceptors (Lipinski definition) is 5. The number of hydrazine groups is 1. The smallest absolute Gasteiger partial charge is 0.176 e. The Bertz CT molecular complexity index is 438. The Morgan fingerprint density at radius 3 is 2.69 bits per heavy atom. The summed E-state index contributed by atoms with van der Waals surface area (Å²) < 4.78 is 0. The number of nitrogens with zero attached hydrogens (tertiary/aromatic N) is 4. The molecule has 0 spiro atoms. The molecule has 1 aromatic heterocycles. The van der Waals surface area contributed by atoms with E-state index in [0.717, 1.165) is 5.56 Å². The maximum absolute atomic E-state index is 5.53. The van der Waals surface area contributed by atoms with Crippen molar-refractivity contribution >= 4 is 0 Å². The Morgan fingerprint density at radius 1 is 1.38 bits per heavy atom. The van der Waals surface area contributed by atoms with Gasteiger partial charge in [0.1, 0.15) is 0 Å². The lowest BCUT2D eigenvalue weighted by Crippen LogP contribution is -2.29. The summed E-state index contributed by atoms with van der Waals surface area (Å²) in [6, 6.07) is 9.96. The number of benzene rings is 1. The number of tetrazole rings is 1. The van der Waals surface area contributed by atoms with Gasteiger partial charge in [-0.1, -0.05) is 30.3 Å². The van der Waals surface area contributed by atoms with Crippen LogP contribution in [0, 0.1) is 0 Å². The van der Waals surface area contributed by atoms with Crippen LogP contribution in [0.2, 0.25) is 0 Å². The van der Waals surface area contributed by atoms with Crippen molar-refractivity contribution in [3.8, 4) is 0 Å². The largest absolute Gasteiger partial charge is 0.271 e. The summed E-state index contributed by atoms with van der Waals surface area (Å²) in [5.74, 6) is 6.20. The van der Waals surface area contributed by atoms with Crippen LogP contribution in [0.5, 0.6) is 0 Å². The summed E-state index contributed by atoms with van der Waals surface area (Å²) in [7, 11) is 1.74. The average Bonchev–Trinajstić information content (AvgIpc) is 2.73. The number of aromatic nitrogens is 4. The first-order valence-corrected chi connectivity index (χ1v) is 5.03. The van der Waals surface area contributed by atoms with Crippen molar-refractivity contribution < 1.29 is 0 Å². The van der Waals surface area contributed by atoms with Crippen molar-refractivity contribution in [1.82, 2.24) is 25.6 Å². The molecule has 1 aromatic carbocycles. The van der Waals surface area contributed by atoms with Crippen LogP contribution in [0.15, 0.2) is 30.3 Å². The highest BCUT2D eigenvalue weighted by Crippen LogP contribution is 2.14. The van der Waals surface area contributed by atoms with E-state index in [9.17, 15) is 0 Å². The molecule has 0 amide bonds. The average molecular weight is 218 g/mol. The van der Waals surface area contributed by atoms with Crippen LogP contribution in [-0.2, 0) is 13.5 Å². The summed E-state index contributed by atoms with van der Waals surface area (Å²) in [5.41, 5.74) is 3.87. The maximum Gasteiger partial charge on any atom is 0.176 e. The van der Waals surface area contributed by atoms with E-state index in [1.54, 1.807) is 7.05 Å². The first-order valence-electron chi connectivity index (χ1n) is 5.03. The van der Waals surface area contributed by atoms with Crippen LogP contribution >= 0.6 is 0 Å². The van der Waals surface area contributed by atoms with Gasteiger partial charge in [0, 0.05) is 6.42 Å². The molecule has 1 atom stereocenters. The minimum atomic E-state index is 0.00500. The second-order valence-corrected chi connectivity index (χ2v) is 3.53. The molecule has 0 saturated carbocycles. The van der Waals surface area contributed by atoms with Crippen molar-refractivity contribution in [2.75, 3.05) is 0 Å². The molecule has 6 nitrogen and oxygen atoms in total. The molecule has 0 saturated heterocycles.